The van der Waals surface area contributed by atoms with Gasteiger partial charge in [0.2, 0.25) is 0 Å². The Balaban J connectivity index is 1.51. The van der Waals surface area contributed by atoms with Crippen molar-refractivity contribution in [3.05, 3.63) is 48.0 Å². The molecule has 9 heteroatoms. The van der Waals surface area contributed by atoms with Gasteiger partial charge >= 0.3 is 6.18 Å². The molecule has 2 aromatic heterocycles. The molecular weight excluding hydrogens is 398 g/mol. The van der Waals surface area contributed by atoms with Gasteiger partial charge in [-0.05, 0) is 43.0 Å². The van der Waals surface area contributed by atoms with E-state index in [0.29, 0.717) is 48.3 Å². The van der Waals surface area contributed by atoms with E-state index >= 15 is 0 Å². The van der Waals surface area contributed by atoms with Crippen LogP contribution in [0.1, 0.15) is 25.0 Å². The average Bonchev–Trinajstić information content (AvgIpc) is 3.07. The number of piperidine rings is 1. The Bertz CT molecular complexity index is 1090. The number of aromatic amines is 1. The number of rotatable bonds is 4. The van der Waals surface area contributed by atoms with Gasteiger partial charge in [-0.1, -0.05) is 0 Å². The molecule has 0 bridgehead atoms. The third-order valence-corrected chi connectivity index (χ3v) is 5.33. The molecule has 0 spiro atoms. The van der Waals surface area contributed by atoms with Gasteiger partial charge in [-0.3, -0.25) is 0 Å². The number of alkyl halides is 3. The fourth-order valence-electron chi connectivity index (χ4n) is 3.86. The molecule has 0 unspecified atom stereocenters. The van der Waals surface area contributed by atoms with Crippen LogP contribution < -0.4 is 10.2 Å². The number of anilines is 3. The summed E-state index contributed by atoms with van der Waals surface area (Å²) in [7, 11) is 0. The van der Waals surface area contributed by atoms with Gasteiger partial charge in [-0.25, -0.2) is 9.37 Å². The SMILES string of the molecule is N#Cc1cc(N2CCC(CC(F)(F)F)CC2)cc(Nc2ccc3c(F)c[nH]c3c2)n1. The van der Waals surface area contributed by atoms with E-state index in [1.165, 1.54) is 6.20 Å². The molecule has 4 rings (SSSR count). The van der Waals surface area contributed by atoms with Crippen LogP contribution in [0.25, 0.3) is 10.9 Å². The first-order valence-corrected chi connectivity index (χ1v) is 9.58. The largest absolute Gasteiger partial charge is 0.389 e. The number of benzene rings is 1. The van der Waals surface area contributed by atoms with E-state index in [1.54, 1.807) is 30.3 Å². The Morgan fingerprint density at radius 3 is 2.67 bits per heavy atom. The predicted octanol–water partition coefficient (Wildman–Crippen LogP) is 5.49. The van der Waals surface area contributed by atoms with Crippen molar-refractivity contribution < 1.29 is 17.6 Å². The maximum Gasteiger partial charge on any atom is 0.389 e. The van der Waals surface area contributed by atoms with Crippen LogP contribution in [0.5, 0.6) is 0 Å². The highest BCUT2D eigenvalue weighted by molar-refractivity contribution is 5.84. The quantitative estimate of drug-likeness (QED) is 0.551. The zero-order valence-corrected chi connectivity index (χ0v) is 15.9. The molecule has 0 radical (unpaired) electrons. The molecule has 156 valence electrons. The second-order valence-corrected chi connectivity index (χ2v) is 7.48. The van der Waals surface area contributed by atoms with E-state index in [2.05, 4.69) is 15.3 Å². The van der Waals surface area contributed by atoms with Gasteiger partial charge in [0.1, 0.15) is 23.4 Å². The standard InChI is InChI=1S/C21H19F4N5/c22-18-12-27-19-8-14(1-2-17(18)19)28-20-9-16(7-15(11-26)29-20)30-5-3-13(4-6-30)10-21(23,24)25/h1-2,7-9,12-13,27H,3-6,10H2,(H,28,29). The van der Waals surface area contributed by atoms with Crippen LogP contribution in [0.3, 0.4) is 0 Å². The molecule has 0 aliphatic carbocycles. The number of nitriles is 1. The number of nitrogens with zero attached hydrogens (tertiary/aromatic N) is 3. The molecule has 0 atom stereocenters. The van der Waals surface area contributed by atoms with Crippen LogP contribution in [-0.2, 0) is 0 Å². The number of hydrogen-bond acceptors (Lipinski definition) is 4. The van der Waals surface area contributed by atoms with Crippen molar-refractivity contribution in [3.8, 4) is 6.07 Å². The minimum absolute atomic E-state index is 0.208. The summed E-state index contributed by atoms with van der Waals surface area (Å²) >= 11 is 0. The van der Waals surface area contributed by atoms with E-state index in [0.717, 1.165) is 5.69 Å². The molecule has 30 heavy (non-hydrogen) atoms. The lowest BCUT2D eigenvalue weighted by atomic mass is 9.93. The van der Waals surface area contributed by atoms with Crippen LogP contribution in [0.4, 0.5) is 34.8 Å². The molecule has 3 heterocycles. The lowest BCUT2D eigenvalue weighted by Crippen LogP contribution is -2.35. The summed E-state index contributed by atoms with van der Waals surface area (Å²) in [5.74, 6) is -0.269. The Morgan fingerprint density at radius 2 is 1.97 bits per heavy atom. The second-order valence-electron chi connectivity index (χ2n) is 7.48. The van der Waals surface area contributed by atoms with Gasteiger partial charge in [-0.15, -0.1) is 0 Å². The summed E-state index contributed by atoms with van der Waals surface area (Å²) in [6.07, 6.45) is -2.72. The number of hydrogen-bond donors (Lipinski definition) is 2. The lowest BCUT2D eigenvalue weighted by Gasteiger charge is -2.34. The fourth-order valence-corrected chi connectivity index (χ4v) is 3.86. The van der Waals surface area contributed by atoms with E-state index in [1.807, 2.05) is 11.0 Å². The second kappa shape index (κ2) is 7.86. The van der Waals surface area contributed by atoms with Crippen molar-refractivity contribution in [2.24, 2.45) is 5.92 Å². The minimum atomic E-state index is -4.14. The first-order chi connectivity index (χ1) is 14.3. The molecule has 0 amide bonds. The van der Waals surface area contributed by atoms with Crippen molar-refractivity contribution >= 4 is 28.1 Å². The number of halogens is 4. The number of nitrogens with one attached hydrogen (secondary N) is 2. The Morgan fingerprint density at radius 1 is 1.20 bits per heavy atom. The molecule has 1 fully saturated rings. The first kappa shape index (κ1) is 20.0. The molecule has 5 nitrogen and oxygen atoms in total. The predicted molar refractivity (Wildman–Crippen MR) is 106 cm³/mol. The Labute approximate surface area is 170 Å². The zero-order chi connectivity index (χ0) is 21.3. The summed E-state index contributed by atoms with van der Waals surface area (Å²) in [6.45, 7) is 0.978. The van der Waals surface area contributed by atoms with Crippen LogP contribution >= 0.6 is 0 Å². The van der Waals surface area contributed by atoms with Crippen molar-refractivity contribution in [1.29, 1.82) is 5.26 Å². The number of fused-ring (bicyclic) bond motifs is 1. The summed E-state index contributed by atoms with van der Waals surface area (Å²) < 4.78 is 51.5. The molecule has 1 aliphatic rings. The number of H-pyrrole nitrogens is 1. The normalized spacial score (nSPS) is 15.4. The third kappa shape index (κ3) is 4.48. The molecule has 2 N–H and O–H groups in total. The fraction of sp³-hybridized carbons (Fsp3) is 0.333. The number of aromatic nitrogens is 2. The summed E-state index contributed by atoms with van der Waals surface area (Å²) in [5, 5.41) is 12.9. The van der Waals surface area contributed by atoms with Gasteiger partial charge in [0.15, 0.2) is 0 Å². The van der Waals surface area contributed by atoms with E-state index < -0.39 is 12.6 Å². The third-order valence-electron chi connectivity index (χ3n) is 5.33. The van der Waals surface area contributed by atoms with Crippen LogP contribution in [0.2, 0.25) is 0 Å². The number of pyridine rings is 1. The molecule has 0 saturated carbocycles. The Kier molecular flexibility index (Phi) is 5.24. The maximum atomic E-state index is 13.6. The topological polar surface area (TPSA) is 67.7 Å². The minimum Gasteiger partial charge on any atom is -0.371 e. The first-order valence-electron chi connectivity index (χ1n) is 9.58. The van der Waals surface area contributed by atoms with E-state index in [9.17, 15) is 22.8 Å². The van der Waals surface area contributed by atoms with Crippen LogP contribution in [0, 0.1) is 23.1 Å². The van der Waals surface area contributed by atoms with Gasteiger partial charge in [0, 0.05) is 48.5 Å². The summed E-state index contributed by atoms with van der Waals surface area (Å²) in [4.78, 5) is 9.08. The highest BCUT2D eigenvalue weighted by Gasteiger charge is 2.33. The van der Waals surface area contributed by atoms with Crippen LogP contribution in [0.15, 0.2) is 36.5 Å². The molecule has 1 aliphatic heterocycles. The lowest BCUT2D eigenvalue weighted by molar-refractivity contribution is -0.145. The Hall–Kier alpha value is -3.28. The highest BCUT2D eigenvalue weighted by Crippen LogP contribution is 2.33. The molecular formula is C21H19F4N5. The summed E-state index contributed by atoms with van der Waals surface area (Å²) in [5.41, 5.74) is 2.24. The van der Waals surface area contributed by atoms with Gasteiger partial charge < -0.3 is 15.2 Å². The monoisotopic (exact) mass is 417 g/mol. The van der Waals surface area contributed by atoms with Crippen molar-refractivity contribution in [2.75, 3.05) is 23.3 Å². The van der Waals surface area contributed by atoms with Crippen molar-refractivity contribution in [1.82, 2.24) is 9.97 Å². The maximum absolute atomic E-state index is 13.6. The zero-order valence-electron chi connectivity index (χ0n) is 15.9. The van der Waals surface area contributed by atoms with Gasteiger partial charge in [0.25, 0.3) is 0 Å². The molecule has 1 aromatic carbocycles. The molecule has 3 aromatic rings. The van der Waals surface area contributed by atoms with E-state index in [-0.39, 0.29) is 17.4 Å². The van der Waals surface area contributed by atoms with Gasteiger partial charge in [-0.2, -0.15) is 18.4 Å². The van der Waals surface area contributed by atoms with Gasteiger partial charge in [0.05, 0.1) is 5.52 Å². The smallest absolute Gasteiger partial charge is 0.371 e. The average molecular weight is 417 g/mol. The molecule has 1 saturated heterocycles. The van der Waals surface area contributed by atoms with Crippen LogP contribution in [-0.4, -0.2) is 29.2 Å². The summed E-state index contributed by atoms with van der Waals surface area (Å²) in [6, 6.07) is 10.5. The van der Waals surface area contributed by atoms with Crippen molar-refractivity contribution in [3.63, 3.8) is 0 Å². The van der Waals surface area contributed by atoms with Crippen molar-refractivity contribution in [2.45, 2.75) is 25.4 Å². The highest BCUT2D eigenvalue weighted by atomic mass is 19.4. The van der Waals surface area contributed by atoms with E-state index in [4.69, 9.17) is 0 Å².